The van der Waals surface area contributed by atoms with Crippen LogP contribution in [0.2, 0.25) is 0 Å². The second kappa shape index (κ2) is 9.63. The number of carbonyl (C=O) groups excluding carboxylic acids is 3. The molecule has 0 unspecified atom stereocenters. The molecule has 6 nitrogen and oxygen atoms in total. The molecule has 0 radical (unpaired) electrons. The van der Waals surface area contributed by atoms with Crippen molar-refractivity contribution in [1.82, 2.24) is 10.2 Å². The third-order valence-corrected chi connectivity index (χ3v) is 7.37. The predicted molar refractivity (Wildman–Crippen MR) is 131 cm³/mol. The fourth-order valence-corrected chi connectivity index (χ4v) is 5.44. The van der Waals surface area contributed by atoms with Crippen LogP contribution in [0.15, 0.2) is 59.3 Å². The molecule has 0 aromatic heterocycles. The number of anilines is 1. The van der Waals surface area contributed by atoms with Gasteiger partial charge in [-0.1, -0.05) is 61.2 Å². The van der Waals surface area contributed by atoms with E-state index in [1.807, 2.05) is 47.4 Å². The molecule has 3 amide bonds. The van der Waals surface area contributed by atoms with Crippen molar-refractivity contribution >= 4 is 35.0 Å². The number of aryl methyl sites for hydroxylation is 1. The second-order valence-corrected chi connectivity index (χ2v) is 9.58. The lowest BCUT2D eigenvalue weighted by molar-refractivity contribution is -0.140. The Bertz CT molecular complexity index is 1150. The van der Waals surface area contributed by atoms with Crippen molar-refractivity contribution in [2.45, 2.75) is 57.5 Å². The van der Waals surface area contributed by atoms with Crippen LogP contribution in [0.1, 0.15) is 60.0 Å². The summed E-state index contributed by atoms with van der Waals surface area (Å²) in [5.74, 6) is -0.751. The Labute approximate surface area is 204 Å². The molecule has 34 heavy (non-hydrogen) atoms. The first-order chi connectivity index (χ1) is 16.5. The van der Waals surface area contributed by atoms with E-state index in [0.29, 0.717) is 18.7 Å². The van der Waals surface area contributed by atoms with Crippen molar-refractivity contribution in [3.8, 4) is 0 Å². The minimum atomic E-state index is -0.399. The molecule has 0 spiro atoms. The first kappa shape index (κ1) is 22.7. The van der Waals surface area contributed by atoms with E-state index >= 15 is 0 Å². The molecule has 0 atom stereocenters. The molecule has 1 fully saturated rings. The van der Waals surface area contributed by atoms with Crippen LogP contribution >= 0.6 is 11.6 Å². The van der Waals surface area contributed by atoms with Crippen LogP contribution in [0.4, 0.5) is 5.69 Å². The number of amides is 3. The van der Waals surface area contributed by atoms with Gasteiger partial charge < -0.3 is 10.2 Å². The summed E-state index contributed by atoms with van der Waals surface area (Å²) in [7, 11) is 0. The normalized spacial score (nSPS) is 19.0. The first-order valence-corrected chi connectivity index (χ1v) is 12.4. The summed E-state index contributed by atoms with van der Waals surface area (Å²) < 4.78 is 0. The Balaban J connectivity index is 1.24. The average molecular weight is 478 g/mol. The van der Waals surface area contributed by atoms with E-state index in [1.165, 1.54) is 10.5 Å². The number of halogens is 1. The lowest BCUT2D eigenvalue weighted by Crippen LogP contribution is -2.43. The summed E-state index contributed by atoms with van der Waals surface area (Å²) in [4.78, 5) is 41.9. The summed E-state index contributed by atoms with van der Waals surface area (Å²) in [5, 5.41) is 3.03. The number of carbonyl (C=O) groups is 3. The topological polar surface area (TPSA) is 69.7 Å². The monoisotopic (exact) mass is 477 g/mol. The highest BCUT2D eigenvalue weighted by Gasteiger charge is 2.41. The van der Waals surface area contributed by atoms with Gasteiger partial charge in [-0.2, -0.15) is 0 Å². The zero-order valence-corrected chi connectivity index (χ0v) is 19.8. The maximum Gasteiger partial charge on any atom is 0.278 e. The molecule has 1 N–H and O–H groups in total. The van der Waals surface area contributed by atoms with Crippen molar-refractivity contribution in [3.05, 3.63) is 76.0 Å². The smallest absolute Gasteiger partial charge is 0.278 e. The highest BCUT2D eigenvalue weighted by Crippen LogP contribution is 2.31. The lowest BCUT2D eigenvalue weighted by Gasteiger charge is -2.29. The highest BCUT2D eigenvalue weighted by atomic mass is 35.5. The van der Waals surface area contributed by atoms with Crippen molar-refractivity contribution in [2.24, 2.45) is 0 Å². The van der Waals surface area contributed by atoms with Crippen LogP contribution in [-0.2, 0) is 22.6 Å². The lowest BCUT2D eigenvalue weighted by atomic mass is 9.94. The minimum absolute atomic E-state index is 0.0166. The molecule has 5 rings (SSSR count). The number of nitrogens with one attached hydrogen (secondary N) is 1. The maximum atomic E-state index is 13.1. The van der Waals surface area contributed by atoms with Gasteiger partial charge in [-0.3, -0.25) is 19.3 Å². The van der Waals surface area contributed by atoms with Crippen molar-refractivity contribution in [3.63, 3.8) is 0 Å². The fraction of sp³-hybridized carbons (Fsp3) is 0.370. The van der Waals surface area contributed by atoms with Gasteiger partial charge >= 0.3 is 0 Å². The Hall–Kier alpha value is -3.12. The third-order valence-electron chi connectivity index (χ3n) is 7.02. The summed E-state index contributed by atoms with van der Waals surface area (Å²) in [6.45, 7) is 1.05. The number of benzene rings is 2. The Morgan fingerprint density at radius 2 is 1.68 bits per heavy atom. The Morgan fingerprint density at radius 3 is 2.44 bits per heavy atom. The zero-order chi connectivity index (χ0) is 23.7. The number of hydrogen-bond acceptors (Lipinski definition) is 4. The Kier molecular flexibility index (Phi) is 6.42. The summed E-state index contributed by atoms with van der Waals surface area (Å²) in [6.07, 6.45) is 6.81. The first-order valence-electron chi connectivity index (χ1n) is 12.0. The van der Waals surface area contributed by atoms with Crippen LogP contribution in [0.5, 0.6) is 0 Å². The van der Waals surface area contributed by atoms with E-state index in [2.05, 4.69) is 11.4 Å². The van der Waals surface area contributed by atoms with Gasteiger partial charge in [0, 0.05) is 30.4 Å². The van der Waals surface area contributed by atoms with Crippen LogP contribution in [-0.4, -0.2) is 35.2 Å². The summed E-state index contributed by atoms with van der Waals surface area (Å²) in [5.41, 5.74) is 3.86. The van der Waals surface area contributed by atoms with Crippen LogP contribution in [0.25, 0.3) is 0 Å². The highest BCUT2D eigenvalue weighted by molar-refractivity contribution is 6.47. The number of rotatable bonds is 5. The maximum absolute atomic E-state index is 13.1. The standard InChI is InChI=1S/C27H28ClN3O3/c28-23-24(27(34)31(26(23)33)21-9-2-1-3-10-21)29-17-18-12-14-20(15-13-18)25(32)30-16-6-8-19-7-4-5-11-22(19)30/h4-5,7,11-15,21,29H,1-3,6,8-10,16-17H2. The van der Waals surface area contributed by atoms with Gasteiger partial charge in [0.15, 0.2) is 0 Å². The summed E-state index contributed by atoms with van der Waals surface area (Å²) in [6, 6.07) is 15.3. The predicted octanol–water partition coefficient (Wildman–Crippen LogP) is 4.52. The quantitative estimate of drug-likeness (QED) is 0.643. The Morgan fingerprint density at radius 1 is 0.941 bits per heavy atom. The van der Waals surface area contributed by atoms with Crippen molar-refractivity contribution in [1.29, 1.82) is 0 Å². The molecule has 2 aliphatic heterocycles. The van der Waals surface area contributed by atoms with E-state index in [0.717, 1.165) is 56.2 Å². The molecule has 2 aromatic rings. The van der Waals surface area contributed by atoms with E-state index in [4.69, 9.17) is 11.6 Å². The molecular weight excluding hydrogens is 450 g/mol. The number of fused-ring (bicyclic) bond motifs is 1. The van der Waals surface area contributed by atoms with Crippen LogP contribution in [0.3, 0.4) is 0 Å². The minimum Gasteiger partial charge on any atom is -0.375 e. The number of nitrogens with zero attached hydrogens (tertiary/aromatic N) is 2. The molecule has 7 heteroatoms. The molecule has 2 heterocycles. The number of para-hydroxylation sites is 1. The fourth-order valence-electron chi connectivity index (χ4n) is 5.20. The molecule has 176 valence electrons. The van der Waals surface area contributed by atoms with Gasteiger partial charge in [0.25, 0.3) is 17.7 Å². The number of hydrogen-bond donors (Lipinski definition) is 1. The molecular formula is C27H28ClN3O3. The SMILES string of the molecule is O=C(c1ccc(CNC2=C(Cl)C(=O)N(C3CCCCC3)C2=O)cc1)N1CCCc2ccccc21. The van der Waals surface area contributed by atoms with E-state index in [-0.39, 0.29) is 28.6 Å². The molecule has 2 aromatic carbocycles. The van der Waals surface area contributed by atoms with Crippen molar-refractivity contribution < 1.29 is 14.4 Å². The zero-order valence-electron chi connectivity index (χ0n) is 19.1. The van der Waals surface area contributed by atoms with E-state index in [1.54, 1.807) is 0 Å². The van der Waals surface area contributed by atoms with Gasteiger partial charge in [0.1, 0.15) is 10.7 Å². The molecule has 0 saturated heterocycles. The molecule has 3 aliphatic rings. The molecule has 1 aliphatic carbocycles. The van der Waals surface area contributed by atoms with E-state index in [9.17, 15) is 14.4 Å². The van der Waals surface area contributed by atoms with Crippen LogP contribution in [0, 0.1) is 0 Å². The van der Waals surface area contributed by atoms with Crippen molar-refractivity contribution in [2.75, 3.05) is 11.4 Å². The second-order valence-electron chi connectivity index (χ2n) is 9.20. The average Bonchev–Trinajstić information content (AvgIpc) is 3.10. The van der Waals surface area contributed by atoms with Gasteiger partial charge in [-0.25, -0.2) is 0 Å². The van der Waals surface area contributed by atoms with Gasteiger partial charge in [0.2, 0.25) is 0 Å². The number of imide groups is 1. The van der Waals surface area contributed by atoms with Crippen LogP contribution < -0.4 is 10.2 Å². The van der Waals surface area contributed by atoms with Gasteiger partial charge in [-0.15, -0.1) is 0 Å². The molecule has 1 saturated carbocycles. The third kappa shape index (κ3) is 4.23. The largest absolute Gasteiger partial charge is 0.375 e. The summed E-state index contributed by atoms with van der Waals surface area (Å²) >= 11 is 6.25. The van der Waals surface area contributed by atoms with E-state index < -0.39 is 5.91 Å². The van der Waals surface area contributed by atoms with Gasteiger partial charge in [-0.05, 0) is 55.0 Å². The van der Waals surface area contributed by atoms with Gasteiger partial charge in [0.05, 0.1) is 0 Å². The molecule has 0 bridgehead atoms.